The second kappa shape index (κ2) is 5.05. The first kappa shape index (κ1) is 13.6. The van der Waals surface area contributed by atoms with Crippen LogP contribution >= 0.6 is 0 Å². The van der Waals surface area contributed by atoms with E-state index in [9.17, 15) is 9.90 Å². The van der Waals surface area contributed by atoms with E-state index in [1.807, 2.05) is 20.8 Å². The third-order valence-electron chi connectivity index (χ3n) is 3.89. The first-order chi connectivity index (χ1) is 8.40. The molecule has 4 atom stereocenters. The molecular weight excluding hydrogens is 232 g/mol. The van der Waals surface area contributed by atoms with Gasteiger partial charge in [-0.15, -0.1) is 0 Å². The molecule has 2 aliphatic rings. The van der Waals surface area contributed by atoms with Crippen molar-refractivity contribution in [2.24, 2.45) is 17.8 Å². The first-order valence-electron chi connectivity index (χ1n) is 6.72. The van der Waals surface area contributed by atoms with Gasteiger partial charge in [0.25, 0.3) is 0 Å². The third-order valence-corrected chi connectivity index (χ3v) is 3.89. The minimum absolute atomic E-state index is 0.0323. The molecule has 0 unspecified atom stereocenters. The molecule has 2 fully saturated rings. The lowest BCUT2D eigenvalue weighted by Crippen LogP contribution is -2.46. The Morgan fingerprint density at radius 2 is 2.06 bits per heavy atom. The number of nitrogens with one attached hydrogen (secondary N) is 2. The number of carbonyl (C=O) groups is 1. The molecule has 1 saturated heterocycles. The summed E-state index contributed by atoms with van der Waals surface area (Å²) in [5.74, 6) is 1.03. The summed E-state index contributed by atoms with van der Waals surface area (Å²) in [5, 5.41) is 15.8. The van der Waals surface area contributed by atoms with Crippen LogP contribution in [0.15, 0.2) is 0 Å². The van der Waals surface area contributed by atoms with E-state index < -0.39 is 5.60 Å². The summed E-state index contributed by atoms with van der Waals surface area (Å²) in [7, 11) is 0. The summed E-state index contributed by atoms with van der Waals surface area (Å²) in [6, 6.07) is 0.0323. The molecule has 1 heterocycles. The topological polar surface area (TPSA) is 70.6 Å². The molecular formula is C13H24N2O3. The molecule has 1 amide bonds. The molecule has 1 aliphatic carbocycles. The zero-order valence-electron chi connectivity index (χ0n) is 11.4. The Bertz CT molecular complexity index is 314. The fraction of sp³-hybridized carbons (Fsp3) is 0.923. The molecule has 1 saturated carbocycles. The maximum absolute atomic E-state index is 11.8. The molecule has 1 aliphatic heterocycles. The van der Waals surface area contributed by atoms with Gasteiger partial charge in [0.15, 0.2) is 0 Å². The second-order valence-electron chi connectivity index (χ2n) is 6.43. The summed E-state index contributed by atoms with van der Waals surface area (Å²) >= 11 is 0. The minimum Gasteiger partial charge on any atom is -0.444 e. The monoisotopic (exact) mass is 256 g/mol. The fourth-order valence-electron chi connectivity index (χ4n) is 3.18. The minimum atomic E-state index is -0.481. The lowest BCUT2D eigenvalue weighted by Gasteiger charge is -2.26. The number of piperidine rings is 1. The van der Waals surface area contributed by atoms with E-state index in [2.05, 4.69) is 10.6 Å². The van der Waals surface area contributed by atoms with Crippen molar-refractivity contribution in [3.8, 4) is 0 Å². The van der Waals surface area contributed by atoms with Crippen molar-refractivity contribution < 1.29 is 14.6 Å². The Hall–Kier alpha value is -0.810. The summed E-state index contributed by atoms with van der Waals surface area (Å²) in [5.41, 5.74) is -0.481. The van der Waals surface area contributed by atoms with Crippen LogP contribution in [-0.2, 0) is 4.74 Å². The molecule has 18 heavy (non-hydrogen) atoms. The average molecular weight is 256 g/mol. The maximum atomic E-state index is 11.8. The predicted molar refractivity (Wildman–Crippen MR) is 68.2 cm³/mol. The molecule has 3 N–H and O–H groups in total. The highest BCUT2D eigenvalue weighted by atomic mass is 16.6. The average Bonchev–Trinajstić information content (AvgIpc) is 2.47. The molecule has 5 heteroatoms. The van der Waals surface area contributed by atoms with Gasteiger partial charge in [0.2, 0.25) is 0 Å². The molecule has 0 aromatic heterocycles. The smallest absolute Gasteiger partial charge is 0.407 e. The van der Waals surface area contributed by atoms with Crippen LogP contribution in [0.25, 0.3) is 0 Å². The lowest BCUT2D eigenvalue weighted by atomic mass is 9.95. The predicted octanol–water partition coefficient (Wildman–Crippen LogP) is 0.727. The van der Waals surface area contributed by atoms with Gasteiger partial charge in [-0.25, -0.2) is 4.79 Å². The number of alkyl carbamates (subject to hydrolysis) is 1. The van der Waals surface area contributed by atoms with Crippen molar-refractivity contribution in [2.75, 3.05) is 19.7 Å². The van der Waals surface area contributed by atoms with Gasteiger partial charge in [-0.3, -0.25) is 0 Å². The highest BCUT2D eigenvalue weighted by Gasteiger charge is 2.45. The van der Waals surface area contributed by atoms with Gasteiger partial charge in [0, 0.05) is 18.6 Å². The quantitative estimate of drug-likeness (QED) is 0.681. The van der Waals surface area contributed by atoms with Crippen LogP contribution in [0.3, 0.4) is 0 Å². The van der Waals surface area contributed by atoms with Gasteiger partial charge in [-0.1, -0.05) is 0 Å². The highest BCUT2D eigenvalue weighted by molar-refractivity contribution is 5.68. The van der Waals surface area contributed by atoms with Gasteiger partial charge < -0.3 is 20.5 Å². The number of aliphatic hydroxyl groups is 1. The normalized spacial score (nSPS) is 35.3. The van der Waals surface area contributed by atoms with Crippen LogP contribution in [0.5, 0.6) is 0 Å². The number of fused-ring (bicyclic) bond motifs is 2. The molecule has 5 nitrogen and oxygen atoms in total. The van der Waals surface area contributed by atoms with E-state index in [-0.39, 0.29) is 24.7 Å². The number of carbonyl (C=O) groups excluding carboxylic acids is 1. The van der Waals surface area contributed by atoms with Crippen molar-refractivity contribution in [2.45, 2.75) is 38.8 Å². The molecule has 2 bridgehead atoms. The van der Waals surface area contributed by atoms with Crippen LogP contribution < -0.4 is 10.6 Å². The first-order valence-corrected chi connectivity index (χ1v) is 6.72. The van der Waals surface area contributed by atoms with Crippen molar-refractivity contribution in [3.63, 3.8) is 0 Å². The third kappa shape index (κ3) is 2.95. The second-order valence-corrected chi connectivity index (χ2v) is 6.43. The summed E-state index contributed by atoms with van der Waals surface area (Å²) in [4.78, 5) is 11.8. The number of aliphatic hydroxyl groups excluding tert-OH is 1. The Kier molecular flexibility index (Phi) is 3.82. The van der Waals surface area contributed by atoms with Gasteiger partial charge in [-0.2, -0.15) is 0 Å². The van der Waals surface area contributed by atoms with E-state index in [0.717, 1.165) is 19.5 Å². The standard InChI is InChI=1S/C13H24N2O3/c1-13(2,3)18-12(17)15-11-9-4-8(5-14-6-9)10(11)7-16/h8-11,14,16H,4-7H2,1-3H3,(H,15,17)/t8-,9+,10-,11+/m1/s1. The molecule has 0 aromatic rings. The molecule has 0 spiro atoms. The van der Waals surface area contributed by atoms with Crippen LogP contribution in [0.2, 0.25) is 0 Å². The van der Waals surface area contributed by atoms with Gasteiger partial charge >= 0.3 is 6.09 Å². The van der Waals surface area contributed by atoms with Crippen LogP contribution in [-0.4, -0.2) is 42.5 Å². The van der Waals surface area contributed by atoms with E-state index in [1.165, 1.54) is 0 Å². The van der Waals surface area contributed by atoms with Crippen LogP contribution in [0.1, 0.15) is 27.2 Å². The fourth-order valence-corrected chi connectivity index (χ4v) is 3.18. The Morgan fingerprint density at radius 3 is 2.67 bits per heavy atom. The number of hydrogen-bond acceptors (Lipinski definition) is 4. The summed E-state index contributed by atoms with van der Waals surface area (Å²) in [6.07, 6.45) is 0.706. The van der Waals surface area contributed by atoms with Crippen molar-refractivity contribution >= 4 is 6.09 Å². The molecule has 104 valence electrons. The van der Waals surface area contributed by atoms with E-state index in [1.54, 1.807) is 0 Å². The lowest BCUT2D eigenvalue weighted by molar-refractivity contribution is 0.0464. The zero-order chi connectivity index (χ0) is 13.3. The van der Waals surface area contributed by atoms with Crippen LogP contribution in [0, 0.1) is 17.8 Å². The summed E-state index contributed by atoms with van der Waals surface area (Å²) in [6.45, 7) is 7.53. The van der Waals surface area contributed by atoms with E-state index in [4.69, 9.17) is 4.74 Å². The van der Waals surface area contributed by atoms with Crippen molar-refractivity contribution in [1.29, 1.82) is 0 Å². The zero-order valence-corrected chi connectivity index (χ0v) is 11.4. The SMILES string of the molecule is CC(C)(C)OC(=O)N[C@H]1[C@@H]2CNC[C@@H](C2)[C@H]1CO. The molecule has 0 radical (unpaired) electrons. The van der Waals surface area contributed by atoms with Crippen molar-refractivity contribution in [3.05, 3.63) is 0 Å². The Labute approximate surface area is 108 Å². The van der Waals surface area contributed by atoms with Gasteiger partial charge in [0.1, 0.15) is 5.60 Å². The maximum Gasteiger partial charge on any atom is 0.407 e. The Morgan fingerprint density at radius 1 is 1.39 bits per heavy atom. The molecule has 0 aromatic carbocycles. The van der Waals surface area contributed by atoms with Gasteiger partial charge in [-0.05, 0) is 52.1 Å². The molecule has 2 rings (SSSR count). The number of rotatable bonds is 2. The summed E-state index contributed by atoms with van der Waals surface area (Å²) < 4.78 is 5.29. The highest BCUT2D eigenvalue weighted by Crippen LogP contribution is 2.38. The number of ether oxygens (including phenoxy) is 1. The largest absolute Gasteiger partial charge is 0.444 e. The number of amides is 1. The van der Waals surface area contributed by atoms with Crippen molar-refractivity contribution in [1.82, 2.24) is 10.6 Å². The van der Waals surface area contributed by atoms with E-state index in [0.29, 0.717) is 11.8 Å². The number of hydrogen-bond donors (Lipinski definition) is 3. The van der Waals surface area contributed by atoms with Gasteiger partial charge in [0.05, 0.1) is 0 Å². The van der Waals surface area contributed by atoms with Crippen LogP contribution in [0.4, 0.5) is 4.79 Å². The van der Waals surface area contributed by atoms with E-state index >= 15 is 0 Å². The Balaban J connectivity index is 1.97.